The highest BCUT2D eigenvalue weighted by atomic mass is 16.6. The normalized spacial score (nSPS) is 19.9. The summed E-state index contributed by atoms with van der Waals surface area (Å²) in [5, 5.41) is 0. The maximum absolute atomic E-state index is 12.9. The van der Waals surface area contributed by atoms with E-state index in [4.69, 9.17) is 14.3 Å². The third-order valence-corrected chi connectivity index (χ3v) is 8.56. The van der Waals surface area contributed by atoms with Gasteiger partial charge in [0.25, 0.3) is 5.91 Å². The zero-order chi connectivity index (χ0) is 30.6. The molecule has 1 unspecified atom stereocenters. The van der Waals surface area contributed by atoms with Gasteiger partial charge in [-0.1, -0.05) is 48.9 Å². The summed E-state index contributed by atoms with van der Waals surface area (Å²) in [6, 6.07) is 21.8. The SMILES string of the molecule is CC(=O)N1c2ccc(CONC(=O)c3cccc(C)c3)cc2C(C)(c2ccc(OCCN3CCOCC3)cc2)CC1(C)C. The van der Waals surface area contributed by atoms with E-state index < -0.39 is 5.54 Å². The van der Waals surface area contributed by atoms with Gasteiger partial charge in [0, 0.05) is 48.8 Å². The highest BCUT2D eigenvalue weighted by Gasteiger charge is 2.47. The van der Waals surface area contributed by atoms with Crippen LogP contribution in [0.3, 0.4) is 0 Å². The number of ether oxygens (including phenoxy) is 2. The van der Waals surface area contributed by atoms with E-state index in [2.05, 4.69) is 49.4 Å². The fourth-order valence-electron chi connectivity index (χ4n) is 6.60. The van der Waals surface area contributed by atoms with E-state index >= 15 is 0 Å². The number of nitrogens with zero attached hydrogens (tertiary/aromatic N) is 2. The molecule has 1 fully saturated rings. The summed E-state index contributed by atoms with van der Waals surface area (Å²) < 4.78 is 11.5. The molecule has 1 atom stereocenters. The second kappa shape index (κ2) is 12.9. The van der Waals surface area contributed by atoms with Gasteiger partial charge >= 0.3 is 0 Å². The number of benzene rings is 3. The van der Waals surface area contributed by atoms with Crippen molar-refractivity contribution in [2.45, 2.75) is 58.6 Å². The Hall–Kier alpha value is -3.72. The zero-order valence-electron chi connectivity index (χ0n) is 25.9. The van der Waals surface area contributed by atoms with Crippen LogP contribution in [0.5, 0.6) is 5.75 Å². The number of hydrogen-bond donors (Lipinski definition) is 1. The van der Waals surface area contributed by atoms with Crippen molar-refractivity contribution >= 4 is 17.5 Å². The zero-order valence-corrected chi connectivity index (χ0v) is 25.9. The second-order valence-electron chi connectivity index (χ2n) is 12.4. The lowest BCUT2D eigenvalue weighted by molar-refractivity contribution is -0.117. The molecule has 0 aliphatic carbocycles. The first-order valence-corrected chi connectivity index (χ1v) is 15.0. The summed E-state index contributed by atoms with van der Waals surface area (Å²) in [4.78, 5) is 35.4. The fraction of sp³-hybridized carbons (Fsp3) is 0.429. The Morgan fingerprint density at radius 2 is 1.72 bits per heavy atom. The number of hydroxylamine groups is 1. The number of nitrogens with one attached hydrogen (secondary N) is 1. The van der Waals surface area contributed by atoms with Gasteiger partial charge in [0.15, 0.2) is 0 Å². The molecule has 0 aromatic heterocycles. The minimum absolute atomic E-state index is 0.00624. The van der Waals surface area contributed by atoms with Crippen LogP contribution in [-0.2, 0) is 26.4 Å². The van der Waals surface area contributed by atoms with Crippen LogP contribution < -0.4 is 15.1 Å². The number of carbonyl (C=O) groups is 2. The Morgan fingerprint density at radius 3 is 2.42 bits per heavy atom. The molecule has 8 nitrogen and oxygen atoms in total. The van der Waals surface area contributed by atoms with Crippen LogP contribution >= 0.6 is 0 Å². The van der Waals surface area contributed by atoms with Crippen LogP contribution in [0.4, 0.5) is 5.69 Å². The largest absolute Gasteiger partial charge is 0.492 e. The van der Waals surface area contributed by atoms with Crippen LogP contribution in [0.25, 0.3) is 0 Å². The predicted octanol–water partition coefficient (Wildman–Crippen LogP) is 5.41. The molecule has 1 saturated heterocycles. The van der Waals surface area contributed by atoms with E-state index in [1.165, 1.54) is 0 Å². The van der Waals surface area contributed by atoms with Crippen molar-refractivity contribution < 1.29 is 23.9 Å². The summed E-state index contributed by atoms with van der Waals surface area (Å²) in [5.74, 6) is 0.558. The van der Waals surface area contributed by atoms with Gasteiger partial charge in [-0.3, -0.25) is 19.3 Å². The number of carbonyl (C=O) groups excluding carboxylic acids is 2. The highest BCUT2D eigenvalue weighted by Crippen LogP contribution is 2.51. The van der Waals surface area contributed by atoms with Crippen molar-refractivity contribution in [3.05, 3.63) is 94.5 Å². The molecule has 3 aromatic carbocycles. The van der Waals surface area contributed by atoms with Crippen LogP contribution in [-0.4, -0.2) is 61.7 Å². The van der Waals surface area contributed by atoms with E-state index in [0.717, 1.165) is 73.0 Å². The molecule has 2 aliphatic heterocycles. The van der Waals surface area contributed by atoms with E-state index in [9.17, 15) is 9.59 Å². The number of aryl methyl sites for hydroxylation is 1. The molecule has 3 aromatic rings. The van der Waals surface area contributed by atoms with Crippen molar-refractivity contribution in [2.75, 3.05) is 44.4 Å². The molecule has 0 radical (unpaired) electrons. The molecule has 8 heteroatoms. The van der Waals surface area contributed by atoms with Gasteiger partial charge < -0.3 is 14.4 Å². The maximum Gasteiger partial charge on any atom is 0.274 e. The summed E-state index contributed by atoms with van der Waals surface area (Å²) in [6.07, 6.45) is 0.734. The lowest BCUT2D eigenvalue weighted by Crippen LogP contribution is -2.55. The van der Waals surface area contributed by atoms with Crippen LogP contribution in [0, 0.1) is 6.92 Å². The number of amides is 2. The van der Waals surface area contributed by atoms with Crippen molar-refractivity contribution in [3.8, 4) is 5.75 Å². The molecule has 1 N–H and O–H groups in total. The molecule has 2 aliphatic rings. The average Bonchev–Trinajstić information content (AvgIpc) is 2.97. The molecule has 0 spiro atoms. The Morgan fingerprint density at radius 1 is 0.977 bits per heavy atom. The van der Waals surface area contributed by atoms with Gasteiger partial charge in [-0.25, -0.2) is 5.48 Å². The monoisotopic (exact) mass is 585 g/mol. The Bertz CT molecular complexity index is 1450. The van der Waals surface area contributed by atoms with Crippen molar-refractivity contribution in [3.63, 3.8) is 0 Å². The lowest BCUT2D eigenvalue weighted by atomic mass is 9.65. The van der Waals surface area contributed by atoms with E-state index in [1.54, 1.807) is 13.0 Å². The summed E-state index contributed by atoms with van der Waals surface area (Å²) in [6.45, 7) is 15.2. The van der Waals surface area contributed by atoms with Gasteiger partial charge in [-0.05, 0) is 74.2 Å². The van der Waals surface area contributed by atoms with Gasteiger partial charge in [0.05, 0.1) is 19.8 Å². The smallest absolute Gasteiger partial charge is 0.274 e. The topological polar surface area (TPSA) is 80.3 Å². The second-order valence-corrected chi connectivity index (χ2v) is 12.4. The van der Waals surface area contributed by atoms with Gasteiger partial charge in [-0.15, -0.1) is 0 Å². The molecule has 0 saturated carbocycles. The molecule has 0 bridgehead atoms. The van der Waals surface area contributed by atoms with E-state index in [1.807, 2.05) is 54.3 Å². The molecule has 2 heterocycles. The lowest BCUT2D eigenvalue weighted by Gasteiger charge is -2.51. The molecular formula is C35H43N3O5. The van der Waals surface area contributed by atoms with Crippen molar-refractivity contribution in [2.24, 2.45) is 0 Å². The minimum Gasteiger partial charge on any atom is -0.492 e. The average molecular weight is 586 g/mol. The maximum atomic E-state index is 12.9. The highest BCUT2D eigenvalue weighted by molar-refractivity contribution is 5.95. The molecule has 43 heavy (non-hydrogen) atoms. The van der Waals surface area contributed by atoms with Crippen LogP contribution in [0.1, 0.15) is 66.7 Å². The summed E-state index contributed by atoms with van der Waals surface area (Å²) in [7, 11) is 0. The standard InChI is InChI=1S/C35H43N3O5/c1-25-7-6-8-28(21-25)33(40)36-43-23-27-9-14-32-31(22-27)35(5,24-34(3,4)38(32)26(2)39)29-10-12-30(13-11-29)42-20-17-37-15-18-41-19-16-37/h6-14,21-22H,15-20,23-24H2,1-5H3,(H,36,40). The number of hydrogen-bond acceptors (Lipinski definition) is 6. The number of fused-ring (bicyclic) bond motifs is 1. The minimum atomic E-state index is -0.402. The number of morpholine rings is 1. The van der Waals surface area contributed by atoms with Gasteiger partial charge in [-0.2, -0.15) is 0 Å². The third kappa shape index (κ3) is 6.93. The molecule has 5 rings (SSSR count). The first kappa shape index (κ1) is 30.7. The van der Waals surface area contributed by atoms with Crippen LogP contribution in [0.15, 0.2) is 66.7 Å². The Balaban J connectivity index is 1.35. The summed E-state index contributed by atoms with van der Waals surface area (Å²) >= 11 is 0. The van der Waals surface area contributed by atoms with Crippen molar-refractivity contribution in [1.29, 1.82) is 0 Å². The Labute approximate surface area is 254 Å². The van der Waals surface area contributed by atoms with Gasteiger partial charge in [0.1, 0.15) is 12.4 Å². The molecule has 228 valence electrons. The quantitative estimate of drug-likeness (QED) is 0.339. The molecule has 2 amide bonds. The Kier molecular flexibility index (Phi) is 9.20. The summed E-state index contributed by atoms with van der Waals surface area (Å²) in [5.41, 5.74) is 7.34. The number of anilines is 1. The first-order valence-electron chi connectivity index (χ1n) is 15.0. The fourth-order valence-corrected chi connectivity index (χ4v) is 6.60. The van der Waals surface area contributed by atoms with E-state index in [0.29, 0.717) is 12.2 Å². The molecular weight excluding hydrogens is 542 g/mol. The van der Waals surface area contributed by atoms with Crippen molar-refractivity contribution in [1.82, 2.24) is 10.4 Å². The first-order chi connectivity index (χ1) is 20.6. The third-order valence-electron chi connectivity index (χ3n) is 8.56. The van der Waals surface area contributed by atoms with Gasteiger partial charge in [0.2, 0.25) is 5.91 Å². The van der Waals surface area contributed by atoms with Crippen LogP contribution in [0.2, 0.25) is 0 Å². The number of rotatable bonds is 9. The van der Waals surface area contributed by atoms with E-state index in [-0.39, 0.29) is 23.8 Å². The predicted molar refractivity (Wildman–Crippen MR) is 167 cm³/mol.